The number of ether oxygens (including phenoxy) is 1. The van der Waals surface area contributed by atoms with Gasteiger partial charge in [-0.15, -0.1) is 0 Å². The van der Waals surface area contributed by atoms with Crippen molar-refractivity contribution in [2.24, 2.45) is 5.92 Å². The Morgan fingerprint density at radius 3 is 2.91 bits per heavy atom. The maximum Gasteiger partial charge on any atom is 0.0490 e. The van der Waals surface area contributed by atoms with E-state index in [1.165, 1.54) is 32.4 Å². The molecule has 0 radical (unpaired) electrons. The predicted molar refractivity (Wildman–Crippen MR) is 46.7 cm³/mol. The van der Waals surface area contributed by atoms with Gasteiger partial charge in [0.25, 0.3) is 0 Å². The van der Waals surface area contributed by atoms with Crippen molar-refractivity contribution in [3.63, 3.8) is 0 Å². The van der Waals surface area contributed by atoms with Crippen molar-refractivity contribution < 1.29 is 4.74 Å². The molecule has 1 unspecified atom stereocenters. The highest BCUT2D eigenvalue weighted by atomic mass is 16.5. The second-order valence-electron chi connectivity index (χ2n) is 3.56. The van der Waals surface area contributed by atoms with Gasteiger partial charge in [0.1, 0.15) is 0 Å². The second-order valence-corrected chi connectivity index (χ2v) is 3.56. The van der Waals surface area contributed by atoms with Gasteiger partial charge < -0.3 is 9.64 Å². The van der Waals surface area contributed by atoms with E-state index in [9.17, 15) is 0 Å². The summed E-state index contributed by atoms with van der Waals surface area (Å²) in [7, 11) is 4.00. The summed E-state index contributed by atoms with van der Waals surface area (Å²) >= 11 is 0. The van der Waals surface area contributed by atoms with Crippen molar-refractivity contribution >= 4 is 0 Å². The standard InChI is InChI=1S/C9H19NO/c1-10-6-3-4-9(5-7-10)8-11-2/h9H,3-8H2,1-2H3. The zero-order chi connectivity index (χ0) is 8.10. The fraction of sp³-hybridized carbons (Fsp3) is 1.00. The minimum absolute atomic E-state index is 0.810. The summed E-state index contributed by atoms with van der Waals surface area (Å²) in [5, 5.41) is 0. The molecule has 1 heterocycles. The van der Waals surface area contributed by atoms with Crippen molar-refractivity contribution in [2.75, 3.05) is 33.9 Å². The van der Waals surface area contributed by atoms with E-state index in [1.807, 2.05) is 0 Å². The van der Waals surface area contributed by atoms with Crippen molar-refractivity contribution in [3.05, 3.63) is 0 Å². The molecule has 1 saturated heterocycles. The fourth-order valence-electron chi connectivity index (χ4n) is 1.71. The van der Waals surface area contributed by atoms with Crippen LogP contribution in [0.3, 0.4) is 0 Å². The molecule has 2 nitrogen and oxygen atoms in total. The molecule has 0 aromatic rings. The Hall–Kier alpha value is -0.0800. The molecule has 1 rings (SSSR count). The number of nitrogens with zero attached hydrogens (tertiary/aromatic N) is 1. The van der Waals surface area contributed by atoms with Crippen LogP contribution in [0, 0.1) is 5.92 Å². The first-order chi connectivity index (χ1) is 5.33. The summed E-state index contributed by atoms with van der Waals surface area (Å²) in [5.74, 6) is 0.810. The van der Waals surface area contributed by atoms with Crippen LogP contribution in [0.25, 0.3) is 0 Å². The van der Waals surface area contributed by atoms with Gasteiger partial charge in [-0.1, -0.05) is 0 Å². The average Bonchev–Trinajstić information content (AvgIpc) is 2.17. The van der Waals surface area contributed by atoms with E-state index in [0.717, 1.165) is 12.5 Å². The van der Waals surface area contributed by atoms with Crippen LogP contribution in [0.15, 0.2) is 0 Å². The lowest BCUT2D eigenvalue weighted by Gasteiger charge is -2.13. The molecular weight excluding hydrogens is 138 g/mol. The summed E-state index contributed by atoms with van der Waals surface area (Å²) in [4.78, 5) is 2.41. The van der Waals surface area contributed by atoms with E-state index in [2.05, 4.69) is 11.9 Å². The van der Waals surface area contributed by atoms with Gasteiger partial charge in [-0.2, -0.15) is 0 Å². The molecule has 0 amide bonds. The lowest BCUT2D eigenvalue weighted by Crippen LogP contribution is -2.19. The van der Waals surface area contributed by atoms with E-state index >= 15 is 0 Å². The first kappa shape index (κ1) is 9.01. The Morgan fingerprint density at radius 1 is 1.36 bits per heavy atom. The Balaban J connectivity index is 2.22. The van der Waals surface area contributed by atoms with E-state index < -0.39 is 0 Å². The van der Waals surface area contributed by atoms with Gasteiger partial charge in [-0.3, -0.25) is 0 Å². The third kappa shape index (κ3) is 3.21. The molecular formula is C9H19NO. The van der Waals surface area contributed by atoms with E-state index in [1.54, 1.807) is 7.11 Å². The quantitative estimate of drug-likeness (QED) is 0.600. The van der Waals surface area contributed by atoms with Crippen LogP contribution in [0.1, 0.15) is 19.3 Å². The van der Waals surface area contributed by atoms with Crippen LogP contribution in [0.5, 0.6) is 0 Å². The molecule has 11 heavy (non-hydrogen) atoms. The Labute approximate surface area is 69.5 Å². The number of likely N-dealkylation sites (tertiary alicyclic amines) is 1. The lowest BCUT2D eigenvalue weighted by molar-refractivity contribution is 0.144. The Bertz CT molecular complexity index is 106. The average molecular weight is 157 g/mol. The monoisotopic (exact) mass is 157 g/mol. The van der Waals surface area contributed by atoms with E-state index in [-0.39, 0.29) is 0 Å². The van der Waals surface area contributed by atoms with Gasteiger partial charge in [0.15, 0.2) is 0 Å². The summed E-state index contributed by atoms with van der Waals surface area (Å²) in [6, 6.07) is 0. The predicted octanol–water partition coefficient (Wildman–Crippen LogP) is 1.36. The Kier molecular flexibility index (Phi) is 3.87. The summed E-state index contributed by atoms with van der Waals surface area (Å²) in [5.41, 5.74) is 0. The number of hydrogen-bond donors (Lipinski definition) is 0. The van der Waals surface area contributed by atoms with Gasteiger partial charge in [0.2, 0.25) is 0 Å². The fourth-order valence-corrected chi connectivity index (χ4v) is 1.71. The van der Waals surface area contributed by atoms with Gasteiger partial charge in [0, 0.05) is 13.7 Å². The lowest BCUT2D eigenvalue weighted by atomic mass is 10.0. The summed E-state index contributed by atoms with van der Waals surface area (Å²) < 4.78 is 5.15. The first-order valence-corrected chi connectivity index (χ1v) is 4.50. The third-order valence-electron chi connectivity index (χ3n) is 2.47. The Morgan fingerprint density at radius 2 is 2.18 bits per heavy atom. The van der Waals surface area contributed by atoms with Gasteiger partial charge in [-0.05, 0) is 45.3 Å². The van der Waals surface area contributed by atoms with Gasteiger partial charge in [0.05, 0.1) is 0 Å². The van der Waals surface area contributed by atoms with Crippen LogP contribution in [-0.2, 0) is 4.74 Å². The van der Waals surface area contributed by atoms with Crippen molar-refractivity contribution in [2.45, 2.75) is 19.3 Å². The van der Waals surface area contributed by atoms with E-state index in [4.69, 9.17) is 4.74 Å². The zero-order valence-electron chi connectivity index (χ0n) is 7.68. The highest BCUT2D eigenvalue weighted by Crippen LogP contribution is 2.16. The number of methoxy groups -OCH3 is 1. The molecule has 1 aliphatic rings. The topological polar surface area (TPSA) is 12.5 Å². The molecule has 2 heteroatoms. The molecule has 0 bridgehead atoms. The maximum atomic E-state index is 5.15. The molecule has 1 aliphatic heterocycles. The minimum atomic E-state index is 0.810. The molecule has 1 atom stereocenters. The van der Waals surface area contributed by atoms with Crippen molar-refractivity contribution in [1.29, 1.82) is 0 Å². The number of hydrogen-bond acceptors (Lipinski definition) is 2. The highest BCUT2D eigenvalue weighted by molar-refractivity contribution is 4.67. The van der Waals surface area contributed by atoms with Gasteiger partial charge in [-0.25, -0.2) is 0 Å². The third-order valence-corrected chi connectivity index (χ3v) is 2.47. The van der Waals surface area contributed by atoms with Gasteiger partial charge >= 0.3 is 0 Å². The SMILES string of the molecule is COCC1CCCN(C)CC1. The minimum Gasteiger partial charge on any atom is -0.384 e. The summed E-state index contributed by atoms with van der Waals surface area (Å²) in [6.45, 7) is 3.46. The zero-order valence-corrected chi connectivity index (χ0v) is 7.68. The molecule has 66 valence electrons. The molecule has 0 aliphatic carbocycles. The van der Waals surface area contributed by atoms with Crippen molar-refractivity contribution in [3.8, 4) is 0 Å². The second kappa shape index (κ2) is 4.73. The largest absolute Gasteiger partial charge is 0.384 e. The molecule has 0 aromatic heterocycles. The molecule has 0 saturated carbocycles. The van der Waals surface area contributed by atoms with Crippen LogP contribution in [0.2, 0.25) is 0 Å². The molecule has 0 N–H and O–H groups in total. The highest BCUT2D eigenvalue weighted by Gasteiger charge is 2.13. The van der Waals surface area contributed by atoms with E-state index in [0.29, 0.717) is 0 Å². The van der Waals surface area contributed by atoms with Crippen LogP contribution >= 0.6 is 0 Å². The molecule has 0 aromatic carbocycles. The summed E-state index contributed by atoms with van der Waals surface area (Å²) in [6.07, 6.45) is 3.99. The number of rotatable bonds is 2. The smallest absolute Gasteiger partial charge is 0.0490 e. The first-order valence-electron chi connectivity index (χ1n) is 4.50. The van der Waals surface area contributed by atoms with Crippen LogP contribution < -0.4 is 0 Å². The maximum absolute atomic E-state index is 5.15. The molecule has 0 spiro atoms. The van der Waals surface area contributed by atoms with Crippen LogP contribution in [0.4, 0.5) is 0 Å². The molecule has 1 fully saturated rings. The van der Waals surface area contributed by atoms with Crippen molar-refractivity contribution in [1.82, 2.24) is 4.90 Å². The normalized spacial score (nSPS) is 28.4. The van der Waals surface area contributed by atoms with Crippen LogP contribution in [-0.4, -0.2) is 38.8 Å².